The maximum atomic E-state index is 13.3. The highest BCUT2D eigenvalue weighted by molar-refractivity contribution is 7.53. The zero-order chi connectivity index (χ0) is 18.4. The summed E-state index contributed by atoms with van der Waals surface area (Å²) >= 11 is 5.95. The van der Waals surface area contributed by atoms with Gasteiger partial charge in [-0.25, -0.2) is 9.37 Å². The number of imidazole rings is 1. The third-order valence-electron chi connectivity index (χ3n) is 3.13. The minimum Gasteiger partial charge on any atom is -0.368 e. The molecule has 0 saturated carbocycles. The highest BCUT2D eigenvalue weighted by Gasteiger charge is 2.26. The first-order valence-electron chi connectivity index (χ1n) is 7.62. The number of anilines is 1. The summed E-state index contributed by atoms with van der Waals surface area (Å²) in [5.74, 6) is -0.0193. The maximum Gasteiger partial charge on any atom is 0.356 e. The zero-order valence-electron chi connectivity index (χ0n) is 13.9. The summed E-state index contributed by atoms with van der Waals surface area (Å²) in [6.07, 6.45) is 0.177. The molecule has 0 fully saturated rings. The van der Waals surface area contributed by atoms with Crippen LogP contribution in [0, 0.1) is 0 Å². The molecule has 0 aliphatic rings. The van der Waals surface area contributed by atoms with Crippen molar-refractivity contribution in [2.24, 2.45) is 0 Å². The van der Waals surface area contributed by atoms with E-state index < -0.39 is 20.4 Å². The molecule has 0 spiro atoms. The Hall–Kier alpha value is -1.32. The number of hydrogen-bond donors (Lipinski definition) is 1. The van der Waals surface area contributed by atoms with Crippen LogP contribution in [0.25, 0.3) is 11.2 Å². The van der Waals surface area contributed by atoms with Gasteiger partial charge in [0.15, 0.2) is 10.8 Å². The van der Waals surface area contributed by atoms with Gasteiger partial charge in [0, 0.05) is 0 Å². The number of nitrogens with two attached hydrogens (primary N) is 1. The Morgan fingerprint density at radius 3 is 2.64 bits per heavy atom. The standard InChI is InChI=1S/C13H20ClFN5O4P/c1-3-23-25(21,24-4-2)8-22-9(5-15)6-20-7-17-10-11(14)18-13(16)19-12(10)20/h7,9H,3-6,8H2,1-2H3,(H2,16,18,19)/t9-/m0/s1. The van der Waals surface area contributed by atoms with Gasteiger partial charge in [0.05, 0.1) is 26.1 Å². The van der Waals surface area contributed by atoms with Crippen molar-refractivity contribution in [1.82, 2.24) is 19.5 Å². The summed E-state index contributed by atoms with van der Waals surface area (Å²) < 4.78 is 42.9. The predicted octanol–water partition coefficient (Wildman–Crippen LogP) is 2.64. The average molecular weight is 396 g/mol. The quantitative estimate of drug-likeness (QED) is 0.482. The molecule has 9 nitrogen and oxygen atoms in total. The molecule has 2 aromatic rings. The normalized spacial score (nSPS) is 13.4. The van der Waals surface area contributed by atoms with Gasteiger partial charge in [-0.05, 0) is 13.8 Å². The molecule has 2 heterocycles. The lowest BCUT2D eigenvalue weighted by Crippen LogP contribution is -2.23. The molecule has 0 aromatic carbocycles. The molecule has 0 bridgehead atoms. The largest absolute Gasteiger partial charge is 0.368 e. The molecule has 0 unspecified atom stereocenters. The Labute approximate surface area is 149 Å². The van der Waals surface area contributed by atoms with Gasteiger partial charge in [0.2, 0.25) is 5.95 Å². The number of fused-ring (bicyclic) bond motifs is 1. The van der Waals surface area contributed by atoms with Crippen molar-refractivity contribution in [3.8, 4) is 0 Å². The predicted molar refractivity (Wildman–Crippen MR) is 91.3 cm³/mol. The van der Waals surface area contributed by atoms with Gasteiger partial charge in [-0.1, -0.05) is 11.6 Å². The molecule has 2 N–H and O–H groups in total. The number of rotatable bonds is 10. The fourth-order valence-electron chi connectivity index (χ4n) is 2.13. The van der Waals surface area contributed by atoms with Crippen molar-refractivity contribution >= 4 is 36.3 Å². The van der Waals surface area contributed by atoms with E-state index >= 15 is 0 Å². The van der Waals surface area contributed by atoms with Crippen LogP contribution in [0.1, 0.15) is 13.8 Å². The minimum absolute atomic E-state index is 0.0193. The SMILES string of the molecule is CCOP(=O)(CO[C@@H](CF)Cn1cnc2c(Cl)nc(N)nc21)OCC. The van der Waals surface area contributed by atoms with E-state index in [-0.39, 0.29) is 37.2 Å². The average Bonchev–Trinajstić information content (AvgIpc) is 2.95. The first kappa shape index (κ1) is 20.0. The van der Waals surface area contributed by atoms with Crippen LogP contribution in [0.4, 0.5) is 10.3 Å². The smallest absolute Gasteiger partial charge is 0.356 e. The fourth-order valence-corrected chi connectivity index (χ4v) is 3.75. The lowest BCUT2D eigenvalue weighted by atomic mass is 10.4. The molecule has 25 heavy (non-hydrogen) atoms. The Morgan fingerprint density at radius 1 is 1.36 bits per heavy atom. The van der Waals surface area contributed by atoms with Crippen molar-refractivity contribution in [3.05, 3.63) is 11.5 Å². The summed E-state index contributed by atoms with van der Waals surface area (Å²) in [5.41, 5.74) is 6.28. The molecule has 0 saturated heterocycles. The van der Waals surface area contributed by atoms with Crippen molar-refractivity contribution < 1.29 is 22.7 Å². The zero-order valence-corrected chi connectivity index (χ0v) is 15.5. The summed E-state index contributed by atoms with van der Waals surface area (Å²) in [7, 11) is -3.42. The Bertz CT molecular complexity index is 751. The van der Waals surface area contributed by atoms with Gasteiger partial charge in [-0.3, -0.25) is 4.57 Å². The number of hydrogen-bond acceptors (Lipinski definition) is 8. The first-order valence-corrected chi connectivity index (χ1v) is 9.72. The van der Waals surface area contributed by atoms with Crippen LogP contribution in [-0.2, 0) is 24.9 Å². The third kappa shape index (κ3) is 5.08. The highest BCUT2D eigenvalue weighted by atomic mass is 35.5. The van der Waals surface area contributed by atoms with E-state index in [0.717, 1.165) is 0 Å². The van der Waals surface area contributed by atoms with Crippen molar-refractivity contribution in [1.29, 1.82) is 0 Å². The molecule has 0 radical (unpaired) electrons. The second-order valence-corrected chi connectivity index (χ2v) is 7.31. The lowest BCUT2D eigenvalue weighted by molar-refractivity contribution is 0.0385. The summed E-state index contributed by atoms with van der Waals surface area (Å²) in [6, 6.07) is 0. The van der Waals surface area contributed by atoms with Crippen LogP contribution in [0.2, 0.25) is 5.15 Å². The van der Waals surface area contributed by atoms with Gasteiger partial charge >= 0.3 is 7.60 Å². The van der Waals surface area contributed by atoms with Crippen molar-refractivity contribution in [2.45, 2.75) is 26.5 Å². The van der Waals surface area contributed by atoms with Gasteiger partial charge < -0.3 is 24.1 Å². The van der Waals surface area contributed by atoms with E-state index in [1.807, 2.05) is 0 Å². The van der Waals surface area contributed by atoms with Crippen molar-refractivity contribution in [3.63, 3.8) is 0 Å². The van der Waals surface area contributed by atoms with Crippen LogP contribution >= 0.6 is 19.2 Å². The number of nitrogen functional groups attached to an aromatic ring is 1. The number of aromatic nitrogens is 4. The second kappa shape index (κ2) is 8.86. The van der Waals surface area contributed by atoms with E-state index in [0.29, 0.717) is 11.2 Å². The van der Waals surface area contributed by atoms with E-state index in [4.69, 9.17) is 31.1 Å². The summed E-state index contributed by atoms with van der Waals surface area (Å²) in [5, 5.41) is 0.108. The monoisotopic (exact) mass is 395 g/mol. The van der Waals surface area contributed by atoms with Crippen LogP contribution in [0.15, 0.2) is 6.33 Å². The molecular formula is C13H20ClFN5O4P. The Kier molecular flexibility index (Phi) is 7.09. The number of nitrogens with zero attached hydrogens (tertiary/aromatic N) is 4. The maximum absolute atomic E-state index is 13.3. The summed E-state index contributed by atoms with van der Waals surface area (Å²) in [6.45, 7) is 3.02. The number of alkyl halides is 1. The summed E-state index contributed by atoms with van der Waals surface area (Å²) in [4.78, 5) is 11.9. The van der Waals surface area contributed by atoms with E-state index in [2.05, 4.69) is 15.0 Å². The van der Waals surface area contributed by atoms with Gasteiger partial charge in [0.25, 0.3) is 0 Å². The lowest BCUT2D eigenvalue weighted by Gasteiger charge is -2.20. The number of ether oxygens (including phenoxy) is 1. The van der Waals surface area contributed by atoms with Crippen LogP contribution in [-0.4, -0.2) is 51.9 Å². The highest BCUT2D eigenvalue weighted by Crippen LogP contribution is 2.48. The van der Waals surface area contributed by atoms with Gasteiger partial charge in [0.1, 0.15) is 24.6 Å². The van der Waals surface area contributed by atoms with Gasteiger partial charge in [-0.2, -0.15) is 9.97 Å². The van der Waals surface area contributed by atoms with E-state index in [1.165, 1.54) is 10.9 Å². The molecule has 2 rings (SSSR count). The molecule has 1 atom stereocenters. The van der Waals surface area contributed by atoms with Crippen LogP contribution in [0.3, 0.4) is 0 Å². The van der Waals surface area contributed by atoms with Gasteiger partial charge in [-0.15, -0.1) is 0 Å². The minimum atomic E-state index is -3.42. The third-order valence-corrected chi connectivity index (χ3v) is 5.16. The molecule has 0 aliphatic heterocycles. The Morgan fingerprint density at radius 2 is 2.04 bits per heavy atom. The van der Waals surface area contributed by atoms with E-state index in [1.54, 1.807) is 13.8 Å². The van der Waals surface area contributed by atoms with E-state index in [9.17, 15) is 8.96 Å². The molecule has 12 heteroatoms. The molecule has 140 valence electrons. The Balaban J connectivity index is 2.11. The molecular weight excluding hydrogens is 376 g/mol. The molecule has 2 aromatic heterocycles. The first-order chi connectivity index (χ1) is 11.9. The van der Waals surface area contributed by atoms with Crippen molar-refractivity contribution in [2.75, 3.05) is 32.0 Å². The number of halogens is 2. The topological polar surface area (TPSA) is 114 Å². The molecule has 0 amide bonds. The fraction of sp³-hybridized carbons (Fsp3) is 0.615. The van der Waals surface area contributed by atoms with Crippen LogP contribution in [0.5, 0.6) is 0 Å². The second-order valence-electron chi connectivity index (χ2n) is 4.96. The molecule has 0 aliphatic carbocycles. The van der Waals surface area contributed by atoms with Crippen LogP contribution < -0.4 is 5.73 Å².